The number of rotatable bonds is 4. The highest BCUT2D eigenvalue weighted by atomic mass is 35.5. The summed E-state index contributed by atoms with van der Waals surface area (Å²) >= 11 is 6.03. The zero-order valence-corrected chi connectivity index (χ0v) is 18.8. The van der Waals surface area contributed by atoms with Crippen molar-refractivity contribution >= 4 is 17.2 Å². The minimum atomic E-state index is 0.269. The molecule has 0 atom stereocenters. The predicted molar refractivity (Wildman–Crippen MR) is 129 cm³/mol. The fourth-order valence-electron chi connectivity index (χ4n) is 4.76. The Bertz CT molecular complexity index is 1120. The molecule has 1 fully saturated rings. The van der Waals surface area contributed by atoms with Gasteiger partial charge in [-0.15, -0.1) is 0 Å². The maximum atomic E-state index is 10.4. The van der Waals surface area contributed by atoms with E-state index in [1.54, 1.807) is 18.3 Å². The summed E-state index contributed by atoms with van der Waals surface area (Å²) in [6.07, 6.45) is 7.99. The molecule has 0 amide bonds. The van der Waals surface area contributed by atoms with E-state index in [1.807, 2.05) is 24.3 Å². The molecule has 0 bridgehead atoms. The number of benzene rings is 2. The molecule has 3 heterocycles. The van der Waals surface area contributed by atoms with Crippen molar-refractivity contribution in [2.75, 3.05) is 19.6 Å². The fraction of sp³-hybridized carbons (Fsp3) is 0.296. The van der Waals surface area contributed by atoms with Gasteiger partial charge in [0, 0.05) is 35.3 Å². The van der Waals surface area contributed by atoms with E-state index in [9.17, 15) is 5.11 Å². The minimum absolute atomic E-state index is 0.269. The molecular weight excluding hydrogens is 420 g/mol. The third kappa shape index (κ3) is 4.52. The summed E-state index contributed by atoms with van der Waals surface area (Å²) in [7, 11) is 0. The Balaban J connectivity index is 1.25. The van der Waals surface area contributed by atoms with Crippen LogP contribution in [0.25, 0.3) is 5.57 Å². The first kappa shape index (κ1) is 21.0. The Hall–Kier alpha value is -2.82. The number of halogens is 1. The second-order valence-electron chi connectivity index (χ2n) is 8.57. The number of phenolic OH excluding ortho intramolecular Hbond substituents is 1. The monoisotopic (exact) mass is 446 g/mol. The topological polar surface area (TPSA) is 45.6 Å². The molecule has 2 aliphatic heterocycles. The van der Waals surface area contributed by atoms with Gasteiger partial charge in [0.2, 0.25) is 5.88 Å². The van der Waals surface area contributed by atoms with Gasteiger partial charge in [-0.3, -0.25) is 0 Å². The number of aromatic hydroxyl groups is 1. The molecule has 164 valence electrons. The van der Waals surface area contributed by atoms with Crippen LogP contribution < -0.4 is 4.74 Å². The van der Waals surface area contributed by atoms with Crippen molar-refractivity contribution in [1.29, 1.82) is 0 Å². The number of hydrogen-bond donors (Lipinski definition) is 1. The highest BCUT2D eigenvalue weighted by molar-refractivity contribution is 6.30. The number of fused-ring (bicyclic) bond motifs is 2. The fourth-order valence-corrected chi connectivity index (χ4v) is 4.89. The Kier molecular flexibility index (Phi) is 6.15. The number of pyridine rings is 1. The van der Waals surface area contributed by atoms with E-state index in [0.717, 1.165) is 47.8 Å². The summed E-state index contributed by atoms with van der Waals surface area (Å²) in [5.74, 6) is 2.17. The number of phenols is 1. The molecular formula is C27H27ClN2O2. The Labute approximate surface area is 194 Å². The third-order valence-corrected chi connectivity index (χ3v) is 6.82. The first-order valence-corrected chi connectivity index (χ1v) is 11.7. The molecule has 2 aromatic carbocycles. The van der Waals surface area contributed by atoms with Crippen LogP contribution in [0.5, 0.6) is 17.4 Å². The van der Waals surface area contributed by atoms with Gasteiger partial charge in [-0.25, -0.2) is 4.98 Å². The number of allylic oxidation sites excluding steroid dienone is 1. The normalized spacial score (nSPS) is 18.0. The second kappa shape index (κ2) is 9.35. The number of nitrogens with zero attached hydrogens (tertiary/aromatic N) is 2. The average molecular weight is 447 g/mol. The molecule has 2 aliphatic rings. The first-order chi connectivity index (χ1) is 15.7. The maximum absolute atomic E-state index is 10.4. The summed E-state index contributed by atoms with van der Waals surface area (Å²) < 4.78 is 6.04. The predicted octanol–water partition coefficient (Wildman–Crippen LogP) is 6.44. The van der Waals surface area contributed by atoms with E-state index in [2.05, 4.69) is 34.2 Å². The van der Waals surface area contributed by atoms with Gasteiger partial charge < -0.3 is 14.7 Å². The number of likely N-dealkylation sites (tertiary alicyclic amines) is 1. The lowest BCUT2D eigenvalue weighted by molar-refractivity contribution is 0.216. The second-order valence-corrected chi connectivity index (χ2v) is 9.01. The number of ether oxygens (including phenoxy) is 1. The van der Waals surface area contributed by atoms with Gasteiger partial charge in [0.1, 0.15) is 11.5 Å². The molecule has 0 saturated carbocycles. The molecule has 4 nitrogen and oxygen atoms in total. The zero-order chi connectivity index (χ0) is 21.9. The van der Waals surface area contributed by atoms with Crippen molar-refractivity contribution < 1.29 is 9.84 Å². The van der Waals surface area contributed by atoms with Gasteiger partial charge in [0.15, 0.2) is 0 Å². The Morgan fingerprint density at radius 3 is 2.69 bits per heavy atom. The lowest BCUT2D eigenvalue weighted by atomic mass is 9.89. The molecule has 32 heavy (non-hydrogen) atoms. The van der Waals surface area contributed by atoms with E-state index in [4.69, 9.17) is 16.3 Å². The van der Waals surface area contributed by atoms with Crippen molar-refractivity contribution in [2.24, 2.45) is 0 Å². The standard InChI is InChI=1S/C27H27ClN2O2/c28-22-10-8-19(9-11-22)20-12-16-30(17-13-20)15-3-4-21-18-24-25(31)6-1-7-26(24)32-27-23(21)5-2-14-29-27/h1-2,4-11,14,20,31H,3,12-13,15-18H2. The minimum Gasteiger partial charge on any atom is -0.508 e. The van der Waals surface area contributed by atoms with E-state index < -0.39 is 0 Å². The van der Waals surface area contributed by atoms with E-state index >= 15 is 0 Å². The third-order valence-electron chi connectivity index (χ3n) is 6.56. The van der Waals surface area contributed by atoms with Crippen LogP contribution >= 0.6 is 11.6 Å². The molecule has 1 aromatic heterocycles. The zero-order valence-electron chi connectivity index (χ0n) is 18.0. The van der Waals surface area contributed by atoms with Crippen LogP contribution in [0.1, 0.15) is 41.9 Å². The molecule has 0 unspecified atom stereocenters. The van der Waals surface area contributed by atoms with Crippen LogP contribution in [0.2, 0.25) is 5.02 Å². The molecule has 0 aliphatic carbocycles. The molecule has 0 spiro atoms. The average Bonchev–Trinajstić information content (AvgIpc) is 2.98. The molecule has 3 aromatic rings. The van der Waals surface area contributed by atoms with Crippen LogP contribution in [0, 0.1) is 0 Å². The van der Waals surface area contributed by atoms with Crippen molar-refractivity contribution in [1.82, 2.24) is 9.88 Å². The van der Waals surface area contributed by atoms with E-state index in [1.165, 1.54) is 18.4 Å². The largest absolute Gasteiger partial charge is 0.508 e. The maximum Gasteiger partial charge on any atom is 0.226 e. The van der Waals surface area contributed by atoms with Gasteiger partial charge in [-0.05, 0) is 85.8 Å². The van der Waals surface area contributed by atoms with E-state index in [0.29, 0.717) is 24.0 Å². The van der Waals surface area contributed by atoms with Crippen molar-refractivity contribution in [2.45, 2.75) is 31.6 Å². The van der Waals surface area contributed by atoms with Crippen LogP contribution in [0.15, 0.2) is 66.9 Å². The van der Waals surface area contributed by atoms with Crippen molar-refractivity contribution in [3.63, 3.8) is 0 Å². The van der Waals surface area contributed by atoms with Gasteiger partial charge in [-0.1, -0.05) is 35.9 Å². The Morgan fingerprint density at radius 2 is 1.88 bits per heavy atom. The number of hydrogen-bond acceptors (Lipinski definition) is 4. The highest BCUT2D eigenvalue weighted by Crippen LogP contribution is 2.41. The van der Waals surface area contributed by atoms with Gasteiger partial charge in [-0.2, -0.15) is 0 Å². The van der Waals surface area contributed by atoms with Crippen LogP contribution in [-0.4, -0.2) is 34.6 Å². The SMILES string of the molecule is Oc1cccc2c1CC(=CCCN1CCC(c3ccc(Cl)cc3)CC1)c1cccnc1O2. The molecule has 5 rings (SSSR count). The van der Waals surface area contributed by atoms with Gasteiger partial charge in [0.25, 0.3) is 0 Å². The van der Waals surface area contributed by atoms with Gasteiger partial charge in [0.05, 0.1) is 0 Å². The van der Waals surface area contributed by atoms with E-state index in [-0.39, 0.29) is 5.75 Å². The summed E-state index contributed by atoms with van der Waals surface area (Å²) in [6.45, 7) is 3.25. The number of aromatic nitrogens is 1. The Morgan fingerprint density at radius 1 is 1.06 bits per heavy atom. The van der Waals surface area contributed by atoms with Crippen molar-refractivity contribution in [3.05, 3.63) is 88.6 Å². The quantitative estimate of drug-likeness (QED) is 0.500. The summed E-state index contributed by atoms with van der Waals surface area (Å²) in [5, 5.41) is 11.2. The van der Waals surface area contributed by atoms with Crippen LogP contribution in [-0.2, 0) is 6.42 Å². The molecule has 1 N–H and O–H groups in total. The summed E-state index contributed by atoms with van der Waals surface area (Å²) in [6, 6.07) is 17.7. The van der Waals surface area contributed by atoms with Crippen LogP contribution in [0.3, 0.4) is 0 Å². The smallest absolute Gasteiger partial charge is 0.226 e. The molecule has 1 saturated heterocycles. The first-order valence-electron chi connectivity index (χ1n) is 11.3. The molecule has 0 radical (unpaired) electrons. The number of piperidine rings is 1. The van der Waals surface area contributed by atoms with Crippen LogP contribution in [0.4, 0.5) is 0 Å². The summed E-state index contributed by atoms with van der Waals surface area (Å²) in [4.78, 5) is 6.98. The molecule has 5 heteroatoms. The summed E-state index contributed by atoms with van der Waals surface area (Å²) in [5.41, 5.74) is 4.38. The highest BCUT2D eigenvalue weighted by Gasteiger charge is 2.23. The lowest BCUT2D eigenvalue weighted by Crippen LogP contribution is -2.33. The lowest BCUT2D eigenvalue weighted by Gasteiger charge is -2.32. The van der Waals surface area contributed by atoms with Gasteiger partial charge >= 0.3 is 0 Å². The van der Waals surface area contributed by atoms with Crippen molar-refractivity contribution in [3.8, 4) is 17.4 Å².